The van der Waals surface area contributed by atoms with Crippen molar-refractivity contribution < 1.29 is 9.84 Å². The van der Waals surface area contributed by atoms with Crippen molar-refractivity contribution in [1.29, 1.82) is 0 Å². The molecule has 1 N–H and O–H groups in total. The van der Waals surface area contributed by atoms with Gasteiger partial charge >= 0.3 is 0 Å². The molecule has 0 bridgehead atoms. The molecular formula is C11H22O2. The quantitative estimate of drug-likeness (QED) is 0.732. The maximum atomic E-state index is 9.49. The highest BCUT2D eigenvalue weighted by atomic mass is 16.5. The molecule has 0 aromatic heterocycles. The molecule has 1 aliphatic carbocycles. The zero-order valence-electron chi connectivity index (χ0n) is 8.99. The minimum absolute atomic E-state index is 0.180. The molecule has 0 aromatic rings. The van der Waals surface area contributed by atoms with E-state index in [1.165, 1.54) is 19.3 Å². The lowest BCUT2D eigenvalue weighted by molar-refractivity contribution is 0.0140. The van der Waals surface area contributed by atoms with Crippen LogP contribution < -0.4 is 0 Å². The van der Waals surface area contributed by atoms with Crippen molar-refractivity contribution in [2.45, 2.75) is 51.7 Å². The molecule has 0 aromatic carbocycles. The third-order valence-electron chi connectivity index (χ3n) is 3.50. The van der Waals surface area contributed by atoms with E-state index in [-0.39, 0.29) is 6.10 Å². The number of aliphatic hydroxyl groups excluding tert-OH is 1. The van der Waals surface area contributed by atoms with Gasteiger partial charge in [-0.2, -0.15) is 0 Å². The van der Waals surface area contributed by atoms with E-state index < -0.39 is 0 Å². The molecule has 0 heterocycles. The average molecular weight is 186 g/mol. The number of rotatable bonds is 3. The Balaban J connectivity index is 2.41. The fourth-order valence-electron chi connectivity index (χ4n) is 2.27. The van der Waals surface area contributed by atoms with Gasteiger partial charge in [-0.1, -0.05) is 13.3 Å². The number of hydrogen-bond acceptors (Lipinski definition) is 2. The molecule has 1 saturated carbocycles. The van der Waals surface area contributed by atoms with Crippen LogP contribution in [0.3, 0.4) is 0 Å². The van der Waals surface area contributed by atoms with Crippen LogP contribution in [0, 0.1) is 11.8 Å². The number of hydrogen-bond donors (Lipinski definition) is 1. The summed E-state index contributed by atoms with van der Waals surface area (Å²) >= 11 is 0. The van der Waals surface area contributed by atoms with Crippen LogP contribution in [-0.4, -0.2) is 24.4 Å². The Labute approximate surface area is 81.3 Å². The summed E-state index contributed by atoms with van der Waals surface area (Å²) in [5, 5.41) is 9.49. The Bertz CT molecular complexity index is 145. The standard InChI is InChI=1S/C11H22O2/c1-8(9(2)12)10-5-4-6-11(7-10)13-3/h8-12H,4-7H2,1-3H3. The molecule has 0 radical (unpaired) electrons. The van der Waals surface area contributed by atoms with Crippen LogP contribution in [0.25, 0.3) is 0 Å². The summed E-state index contributed by atoms with van der Waals surface area (Å²) in [6, 6.07) is 0. The summed E-state index contributed by atoms with van der Waals surface area (Å²) in [5.41, 5.74) is 0. The molecule has 2 heteroatoms. The summed E-state index contributed by atoms with van der Waals surface area (Å²) in [6.45, 7) is 4.04. The van der Waals surface area contributed by atoms with E-state index >= 15 is 0 Å². The van der Waals surface area contributed by atoms with Gasteiger partial charge in [0.25, 0.3) is 0 Å². The van der Waals surface area contributed by atoms with Crippen molar-refractivity contribution in [2.24, 2.45) is 11.8 Å². The first-order valence-corrected chi connectivity index (χ1v) is 5.36. The molecule has 1 fully saturated rings. The van der Waals surface area contributed by atoms with Gasteiger partial charge in [-0.05, 0) is 38.0 Å². The van der Waals surface area contributed by atoms with Gasteiger partial charge in [0.1, 0.15) is 0 Å². The second kappa shape index (κ2) is 4.97. The van der Waals surface area contributed by atoms with E-state index in [0.29, 0.717) is 17.9 Å². The van der Waals surface area contributed by atoms with Crippen LogP contribution in [0.2, 0.25) is 0 Å². The first-order chi connectivity index (χ1) is 6.15. The van der Waals surface area contributed by atoms with Crippen LogP contribution in [0.5, 0.6) is 0 Å². The Morgan fingerprint density at radius 3 is 2.54 bits per heavy atom. The normalized spacial score (nSPS) is 34.2. The van der Waals surface area contributed by atoms with Gasteiger partial charge < -0.3 is 9.84 Å². The van der Waals surface area contributed by atoms with Crippen molar-refractivity contribution >= 4 is 0 Å². The van der Waals surface area contributed by atoms with Gasteiger partial charge in [-0.3, -0.25) is 0 Å². The van der Waals surface area contributed by atoms with Gasteiger partial charge in [-0.15, -0.1) is 0 Å². The smallest absolute Gasteiger partial charge is 0.0574 e. The van der Waals surface area contributed by atoms with Crippen LogP contribution >= 0.6 is 0 Å². The monoisotopic (exact) mass is 186 g/mol. The van der Waals surface area contributed by atoms with Gasteiger partial charge in [0.05, 0.1) is 12.2 Å². The maximum absolute atomic E-state index is 9.49. The molecule has 1 aliphatic rings. The highest BCUT2D eigenvalue weighted by Gasteiger charge is 2.27. The minimum atomic E-state index is -0.180. The predicted molar refractivity (Wildman–Crippen MR) is 53.6 cm³/mol. The van der Waals surface area contributed by atoms with E-state index in [1.807, 2.05) is 6.92 Å². The van der Waals surface area contributed by atoms with E-state index in [1.54, 1.807) is 7.11 Å². The fraction of sp³-hybridized carbons (Fsp3) is 1.00. The molecule has 0 amide bonds. The zero-order chi connectivity index (χ0) is 9.84. The molecule has 1 rings (SSSR count). The predicted octanol–water partition coefficient (Wildman–Crippen LogP) is 2.21. The van der Waals surface area contributed by atoms with Crippen LogP contribution in [0.15, 0.2) is 0 Å². The van der Waals surface area contributed by atoms with E-state index in [2.05, 4.69) is 6.92 Å². The summed E-state index contributed by atoms with van der Waals surface area (Å²) in [5.74, 6) is 1.07. The van der Waals surface area contributed by atoms with E-state index in [0.717, 1.165) is 6.42 Å². The van der Waals surface area contributed by atoms with Gasteiger partial charge in [0.2, 0.25) is 0 Å². The fourth-order valence-corrected chi connectivity index (χ4v) is 2.27. The largest absolute Gasteiger partial charge is 0.393 e. The van der Waals surface area contributed by atoms with Crippen LogP contribution in [0.1, 0.15) is 39.5 Å². The Hall–Kier alpha value is -0.0800. The van der Waals surface area contributed by atoms with Crippen molar-refractivity contribution in [3.63, 3.8) is 0 Å². The summed E-state index contributed by atoms with van der Waals surface area (Å²) in [6.07, 6.45) is 5.08. The first kappa shape index (κ1) is 11.0. The Morgan fingerprint density at radius 1 is 1.31 bits per heavy atom. The summed E-state index contributed by atoms with van der Waals surface area (Å²) in [7, 11) is 1.79. The lowest BCUT2D eigenvalue weighted by Gasteiger charge is -2.33. The maximum Gasteiger partial charge on any atom is 0.0574 e. The molecule has 78 valence electrons. The summed E-state index contributed by atoms with van der Waals surface area (Å²) in [4.78, 5) is 0. The SMILES string of the molecule is COC1CCCC(C(C)C(C)O)C1. The number of ether oxygens (including phenoxy) is 1. The molecule has 2 nitrogen and oxygen atoms in total. The van der Waals surface area contributed by atoms with E-state index in [4.69, 9.17) is 4.74 Å². The molecule has 4 atom stereocenters. The summed E-state index contributed by atoms with van der Waals surface area (Å²) < 4.78 is 5.37. The lowest BCUT2D eigenvalue weighted by Crippen LogP contribution is -2.30. The zero-order valence-corrected chi connectivity index (χ0v) is 8.99. The first-order valence-electron chi connectivity index (χ1n) is 5.36. The van der Waals surface area contributed by atoms with Crippen molar-refractivity contribution in [3.05, 3.63) is 0 Å². The molecule has 4 unspecified atom stereocenters. The number of methoxy groups -OCH3 is 1. The molecule has 0 spiro atoms. The number of aliphatic hydroxyl groups is 1. The molecule has 0 saturated heterocycles. The van der Waals surface area contributed by atoms with Crippen molar-refractivity contribution in [1.82, 2.24) is 0 Å². The molecule has 0 aliphatic heterocycles. The minimum Gasteiger partial charge on any atom is -0.393 e. The lowest BCUT2D eigenvalue weighted by atomic mass is 9.77. The van der Waals surface area contributed by atoms with Gasteiger partial charge in [0.15, 0.2) is 0 Å². The third kappa shape index (κ3) is 2.96. The second-order valence-corrected chi connectivity index (χ2v) is 4.38. The van der Waals surface area contributed by atoms with Crippen molar-refractivity contribution in [2.75, 3.05) is 7.11 Å². The van der Waals surface area contributed by atoms with Crippen LogP contribution in [0.4, 0.5) is 0 Å². The van der Waals surface area contributed by atoms with Gasteiger partial charge in [-0.25, -0.2) is 0 Å². The average Bonchev–Trinajstić information content (AvgIpc) is 2.16. The van der Waals surface area contributed by atoms with Crippen LogP contribution in [-0.2, 0) is 4.74 Å². The molecular weight excluding hydrogens is 164 g/mol. The third-order valence-corrected chi connectivity index (χ3v) is 3.50. The highest BCUT2D eigenvalue weighted by molar-refractivity contribution is 4.78. The Kier molecular flexibility index (Phi) is 4.20. The topological polar surface area (TPSA) is 29.5 Å². The second-order valence-electron chi connectivity index (χ2n) is 4.38. The molecule has 13 heavy (non-hydrogen) atoms. The Morgan fingerprint density at radius 2 is 2.00 bits per heavy atom. The van der Waals surface area contributed by atoms with Gasteiger partial charge in [0, 0.05) is 7.11 Å². The van der Waals surface area contributed by atoms with E-state index in [9.17, 15) is 5.11 Å². The highest BCUT2D eigenvalue weighted by Crippen LogP contribution is 2.32. The van der Waals surface area contributed by atoms with Crippen molar-refractivity contribution in [3.8, 4) is 0 Å².